The van der Waals surface area contributed by atoms with Crippen molar-refractivity contribution >= 4 is 11.8 Å². The topological polar surface area (TPSA) is 67.2 Å². The van der Waals surface area contributed by atoms with E-state index >= 15 is 0 Å². The Balaban J connectivity index is 1.67. The summed E-state index contributed by atoms with van der Waals surface area (Å²) in [5.41, 5.74) is -0.297. The van der Waals surface area contributed by atoms with Crippen molar-refractivity contribution in [2.75, 3.05) is 19.6 Å². The zero-order chi connectivity index (χ0) is 20.1. The van der Waals surface area contributed by atoms with Crippen LogP contribution in [-0.4, -0.2) is 46.1 Å². The lowest BCUT2D eigenvalue weighted by Crippen LogP contribution is -2.56. The fourth-order valence-corrected chi connectivity index (χ4v) is 3.49. The first kappa shape index (κ1) is 19.7. The molecule has 1 fully saturated rings. The molecule has 0 aliphatic carbocycles. The third-order valence-corrected chi connectivity index (χ3v) is 5.13. The second-order valence-corrected chi connectivity index (χ2v) is 6.77. The van der Waals surface area contributed by atoms with Crippen LogP contribution in [0.5, 0.6) is 0 Å². The third-order valence-electron chi connectivity index (χ3n) is 5.13. The maximum Gasteiger partial charge on any atom is 0.248 e. The van der Waals surface area contributed by atoms with Gasteiger partial charge in [-0.2, -0.15) is 5.10 Å². The molecule has 2 amide bonds. The fraction of sp³-hybridized carbons (Fsp3) is 0.350. The lowest BCUT2D eigenvalue weighted by atomic mass is 9.86. The molecule has 28 heavy (non-hydrogen) atoms. The van der Waals surface area contributed by atoms with Gasteiger partial charge in [-0.25, -0.2) is 8.78 Å². The number of amides is 2. The zero-order valence-electron chi connectivity index (χ0n) is 15.4. The monoisotopic (exact) mass is 388 g/mol. The minimum absolute atomic E-state index is 0.159. The standard InChI is InChI=1S/C20H22F2N4O2/c1-2-18(27)25-12-7-20(8-13-25,26-11-3-9-24-26)19(28)23-10-6-15-4-5-16(21)17(22)14-15/h2-5,9,11,14H,1,6-8,10,12-13H2,(H,23,28). The molecule has 1 saturated heterocycles. The van der Waals surface area contributed by atoms with Crippen LogP contribution < -0.4 is 5.32 Å². The molecule has 1 aliphatic heterocycles. The largest absolute Gasteiger partial charge is 0.354 e. The van der Waals surface area contributed by atoms with Crippen LogP contribution in [-0.2, 0) is 21.5 Å². The number of hydrogen-bond donors (Lipinski definition) is 1. The van der Waals surface area contributed by atoms with Crippen molar-refractivity contribution in [3.63, 3.8) is 0 Å². The summed E-state index contributed by atoms with van der Waals surface area (Å²) < 4.78 is 28.0. The van der Waals surface area contributed by atoms with Gasteiger partial charge in [-0.1, -0.05) is 12.6 Å². The number of carbonyl (C=O) groups excluding carboxylic acids is 2. The van der Waals surface area contributed by atoms with Gasteiger partial charge in [0.2, 0.25) is 11.8 Å². The number of likely N-dealkylation sites (tertiary alicyclic amines) is 1. The highest BCUT2D eigenvalue weighted by Gasteiger charge is 2.44. The van der Waals surface area contributed by atoms with E-state index in [2.05, 4.69) is 17.0 Å². The number of nitrogens with zero attached hydrogens (tertiary/aromatic N) is 3. The first-order valence-corrected chi connectivity index (χ1v) is 9.10. The van der Waals surface area contributed by atoms with Crippen LogP contribution in [0.4, 0.5) is 8.78 Å². The molecule has 0 bridgehead atoms. The molecule has 2 heterocycles. The van der Waals surface area contributed by atoms with E-state index in [4.69, 9.17) is 0 Å². The summed E-state index contributed by atoms with van der Waals surface area (Å²) in [4.78, 5) is 26.5. The highest BCUT2D eigenvalue weighted by molar-refractivity contribution is 5.88. The molecular formula is C20H22F2N4O2. The molecule has 0 radical (unpaired) electrons. The Labute approximate surface area is 161 Å². The number of rotatable bonds is 6. The molecule has 1 aliphatic rings. The summed E-state index contributed by atoms with van der Waals surface area (Å²) >= 11 is 0. The number of aromatic nitrogens is 2. The maximum absolute atomic E-state index is 13.3. The predicted molar refractivity (Wildman–Crippen MR) is 99.3 cm³/mol. The molecule has 8 heteroatoms. The van der Waals surface area contributed by atoms with Crippen molar-refractivity contribution in [2.45, 2.75) is 24.8 Å². The van der Waals surface area contributed by atoms with Gasteiger partial charge in [-0.3, -0.25) is 14.3 Å². The molecule has 0 spiro atoms. The van der Waals surface area contributed by atoms with Crippen LogP contribution >= 0.6 is 0 Å². The van der Waals surface area contributed by atoms with E-state index in [0.717, 1.165) is 12.1 Å². The highest BCUT2D eigenvalue weighted by atomic mass is 19.2. The van der Waals surface area contributed by atoms with Crippen LogP contribution in [0.25, 0.3) is 0 Å². The molecule has 2 aromatic rings. The van der Waals surface area contributed by atoms with Crippen LogP contribution in [0.1, 0.15) is 18.4 Å². The normalized spacial score (nSPS) is 15.9. The molecule has 148 valence electrons. The fourth-order valence-electron chi connectivity index (χ4n) is 3.49. The highest BCUT2D eigenvalue weighted by Crippen LogP contribution is 2.30. The minimum atomic E-state index is -0.906. The Morgan fingerprint density at radius 3 is 2.61 bits per heavy atom. The summed E-state index contributed by atoms with van der Waals surface area (Å²) in [6.45, 7) is 4.62. The molecule has 6 nitrogen and oxygen atoms in total. The second-order valence-electron chi connectivity index (χ2n) is 6.77. The molecule has 1 aromatic heterocycles. The van der Waals surface area contributed by atoms with Gasteiger partial charge in [0.05, 0.1) is 0 Å². The quantitative estimate of drug-likeness (QED) is 0.770. The average molecular weight is 388 g/mol. The van der Waals surface area contributed by atoms with Crippen LogP contribution in [0.3, 0.4) is 0 Å². The smallest absolute Gasteiger partial charge is 0.248 e. The Kier molecular flexibility index (Phi) is 5.87. The molecule has 0 unspecified atom stereocenters. The molecule has 0 saturated carbocycles. The summed E-state index contributed by atoms with van der Waals surface area (Å²) in [7, 11) is 0. The number of nitrogens with one attached hydrogen (secondary N) is 1. The SMILES string of the molecule is C=CC(=O)N1CCC(C(=O)NCCc2ccc(F)c(F)c2)(n2cccn2)CC1. The average Bonchev–Trinajstić information content (AvgIpc) is 3.25. The summed E-state index contributed by atoms with van der Waals surface area (Å²) in [5, 5.41) is 7.13. The van der Waals surface area contributed by atoms with Crippen molar-refractivity contribution < 1.29 is 18.4 Å². The van der Waals surface area contributed by atoms with E-state index < -0.39 is 17.2 Å². The van der Waals surface area contributed by atoms with Gasteiger partial charge in [0.25, 0.3) is 0 Å². The van der Waals surface area contributed by atoms with Crippen molar-refractivity contribution in [3.8, 4) is 0 Å². The van der Waals surface area contributed by atoms with E-state index in [1.807, 2.05) is 0 Å². The summed E-state index contributed by atoms with van der Waals surface area (Å²) in [6, 6.07) is 5.44. The maximum atomic E-state index is 13.3. The van der Waals surface area contributed by atoms with Crippen molar-refractivity contribution in [3.05, 3.63) is 66.5 Å². The number of halogens is 2. The van der Waals surface area contributed by atoms with E-state index in [9.17, 15) is 18.4 Å². The third kappa shape index (κ3) is 3.95. The van der Waals surface area contributed by atoms with Gasteiger partial charge >= 0.3 is 0 Å². The number of hydrogen-bond acceptors (Lipinski definition) is 3. The van der Waals surface area contributed by atoms with Gasteiger partial charge < -0.3 is 10.2 Å². The van der Waals surface area contributed by atoms with E-state index in [1.54, 1.807) is 28.0 Å². The van der Waals surface area contributed by atoms with Gasteiger partial charge in [0.15, 0.2) is 11.6 Å². The Morgan fingerprint density at radius 1 is 1.25 bits per heavy atom. The van der Waals surface area contributed by atoms with Crippen molar-refractivity contribution in [1.82, 2.24) is 20.0 Å². The minimum Gasteiger partial charge on any atom is -0.354 e. The van der Waals surface area contributed by atoms with Crippen LogP contribution in [0.2, 0.25) is 0 Å². The van der Waals surface area contributed by atoms with Gasteiger partial charge in [0, 0.05) is 32.0 Å². The van der Waals surface area contributed by atoms with Crippen LogP contribution in [0.15, 0.2) is 49.3 Å². The summed E-state index contributed by atoms with van der Waals surface area (Å²) in [5.74, 6) is -2.17. The Bertz CT molecular complexity index is 859. The first-order valence-electron chi connectivity index (χ1n) is 9.10. The van der Waals surface area contributed by atoms with Crippen molar-refractivity contribution in [1.29, 1.82) is 0 Å². The Morgan fingerprint density at radius 2 is 2.00 bits per heavy atom. The summed E-state index contributed by atoms with van der Waals surface area (Å²) in [6.07, 6.45) is 5.83. The molecule has 0 atom stereocenters. The lowest BCUT2D eigenvalue weighted by molar-refractivity contribution is -0.137. The van der Waals surface area contributed by atoms with E-state index in [-0.39, 0.29) is 18.4 Å². The number of piperidine rings is 1. The van der Waals surface area contributed by atoms with Gasteiger partial charge in [-0.15, -0.1) is 0 Å². The van der Waals surface area contributed by atoms with Crippen molar-refractivity contribution in [2.24, 2.45) is 0 Å². The number of carbonyl (C=O) groups is 2. The van der Waals surface area contributed by atoms with E-state index in [0.29, 0.717) is 37.9 Å². The zero-order valence-corrected chi connectivity index (χ0v) is 15.4. The molecular weight excluding hydrogens is 366 g/mol. The van der Waals surface area contributed by atoms with Gasteiger partial charge in [-0.05, 0) is 49.1 Å². The Hall–Kier alpha value is -3.03. The first-order chi connectivity index (χ1) is 13.5. The lowest BCUT2D eigenvalue weighted by Gasteiger charge is -2.40. The second kappa shape index (κ2) is 8.33. The number of benzene rings is 1. The molecule has 1 N–H and O–H groups in total. The van der Waals surface area contributed by atoms with E-state index in [1.165, 1.54) is 12.1 Å². The van der Waals surface area contributed by atoms with Gasteiger partial charge in [0.1, 0.15) is 5.54 Å². The predicted octanol–water partition coefficient (Wildman–Crippen LogP) is 2.02. The molecule has 1 aromatic carbocycles. The van der Waals surface area contributed by atoms with Crippen LogP contribution in [0, 0.1) is 11.6 Å². The molecule has 3 rings (SSSR count).